The summed E-state index contributed by atoms with van der Waals surface area (Å²) in [6.45, 7) is 0.176. The van der Waals surface area contributed by atoms with Crippen LogP contribution in [-0.2, 0) is 0 Å². The van der Waals surface area contributed by atoms with E-state index in [0.29, 0.717) is 12.1 Å². The molecule has 112 valence electrons. The highest BCUT2D eigenvalue weighted by molar-refractivity contribution is 5.24. The van der Waals surface area contributed by atoms with Gasteiger partial charge >= 0.3 is 0 Å². The third-order valence-electron chi connectivity index (χ3n) is 4.26. The molecule has 2 nitrogen and oxygen atoms in total. The summed E-state index contributed by atoms with van der Waals surface area (Å²) >= 11 is 0. The zero-order valence-electron chi connectivity index (χ0n) is 11.7. The summed E-state index contributed by atoms with van der Waals surface area (Å²) < 4.78 is 40.3. The highest BCUT2D eigenvalue weighted by Crippen LogP contribution is 2.30. The van der Waals surface area contributed by atoms with Crippen molar-refractivity contribution in [1.29, 1.82) is 0 Å². The summed E-state index contributed by atoms with van der Waals surface area (Å²) in [6, 6.07) is 1.43. The molecule has 0 spiro atoms. The van der Waals surface area contributed by atoms with E-state index < -0.39 is 23.5 Å². The molecule has 0 aliphatic heterocycles. The zero-order chi connectivity index (χ0) is 14.7. The van der Waals surface area contributed by atoms with Crippen LogP contribution in [0.25, 0.3) is 0 Å². The Morgan fingerprint density at radius 1 is 1.10 bits per heavy atom. The van der Waals surface area contributed by atoms with E-state index >= 15 is 0 Å². The van der Waals surface area contributed by atoms with Crippen LogP contribution in [0.4, 0.5) is 13.2 Å². The maximum atomic E-state index is 13.9. The minimum absolute atomic E-state index is 0.138. The Morgan fingerprint density at radius 2 is 1.70 bits per heavy atom. The van der Waals surface area contributed by atoms with E-state index in [2.05, 4.69) is 0 Å². The van der Waals surface area contributed by atoms with E-state index in [0.717, 1.165) is 31.7 Å². The van der Waals surface area contributed by atoms with Gasteiger partial charge in [0.1, 0.15) is 5.82 Å². The quantitative estimate of drug-likeness (QED) is 0.860. The van der Waals surface area contributed by atoms with Crippen LogP contribution in [0.15, 0.2) is 12.1 Å². The lowest BCUT2D eigenvalue weighted by molar-refractivity contribution is 0.138. The second kappa shape index (κ2) is 6.59. The summed E-state index contributed by atoms with van der Waals surface area (Å²) in [6.07, 6.45) is 5.59. The molecule has 0 radical (unpaired) electrons. The molecular weight excluding hydrogens is 265 g/mol. The Morgan fingerprint density at radius 3 is 2.30 bits per heavy atom. The molecule has 20 heavy (non-hydrogen) atoms. The van der Waals surface area contributed by atoms with Crippen molar-refractivity contribution < 1.29 is 13.2 Å². The molecule has 1 aromatic rings. The number of hydrogen-bond donors (Lipinski definition) is 1. The molecule has 0 saturated heterocycles. The molecule has 1 aromatic carbocycles. The van der Waals surface area contributed by atoms with Crippen LogP contribution in [-0.4, -0.2) is 24.5 Å². The first-order valence-electron chi connectivity index (χ1n) is 7.11. The Bertz CT molecular complexity index is 459. The van der Waals surface area contributed by atoms with Crippen molar-refractivity contribution in [2.24, 2.45) is 5.73 Å². The molecule has 1 aliphatic rings. The summed E-state index contributed by atoms with van der Waals surface area (Å²) in [5.41, 5.74) is 5.88. The second-order valence-electron chi connectivity index (χ2n) is 5.50. The van der Waals surface area contributed by atoms with Crippen molar-refractivity contribution >= 4 is 0 Å². The maximum Gasteiger partial charge on any atom is 0.161 e. The molecular formula is C15H21F3N2. The van der Waals surface area contributed by atoms with Crippen LogP contribution in [0.5, 0.6) is 0 Å². The molecule has 0 amide bonds. The normalized spacial score (nSPS) is 18.5. The molecule has 0 bridgehead atoms. The minimum Gasteiger partial charge on any atom is -0.329 e. The topological polar surface area (TPSA) is 29.3 Å². The van der Waals surface area contributed by atoms with Crippen molar-refractivity contribution in [3.8, 4) is 0 Å². The minimum atomic E-state index is -1.16. The van der Waals surface area contributed by atoms with Gasteiger partial charge in [0.25, 0.3) is 0 Å². The van der Waals surface area contributed by atoms with Gasteiger partial charge in [-0.05, 0) is 26.0 Å². The van der Waals surface area contributed by atoms with E-state index in [1.807, 2.05) is 11.9 Å². The SMILES string of the molecule is CN(C1CCCCC1)C(CN)c1cc(F)c(F)cc1F. The van der Waals surface area contributed by atoms with Crippen LogP contribution < -0.4 is 5.73 Å². The molecule has 1 fully saturated rings. The molecule has 0 aromatic heterocycles. The van der Waals surface area contributed by atoms with Gasteiger partial charge in [-0.1, -0.05) is 19.3 Å². The number of nitrogens with zero attached hydrogens (tertiary/aromatic N) is 1. The van der Waals surface area contributed by atoms with Gasteiger partial charge in [-0.2, -0.15) is 0 Å². The summed E-state index contributed by atoms with van der Waals surface area (Å²) in [5.74, 6) is -2.93. The Kier molecular flexibility index (Phi) is 5.05. The van der Waals surface area contributed by atoms with Gasteiger partial charge in [0.15, 0.2) is 11.6 Å². The van der Waals surface area contributed by atoms with E-state index in [-0.39, 0.29) is 12.1 Å². The van der Waals surface area contributed by atoms with Gasteiger partial charge in [0, 0.05) is 30.3 Å². The molecule has 0 heterocycles. The Labute approximate surface area is 117 Å². The number of rotatable bonds is 4. The fraction of sp³-hybridized carbons (Fsp3) is 0.600. The average Bonchev–Trinajstić information content (AvgIpc) is 2.46. The molecule has 2 N–H and O–H groups in total. The average molecular weight is 286 g/mol. The van der Waals surface area contributed by atoms with Crippen LogP contribution in [0.2, 0.25) is 0 Å². The molecule has 2 rings (SSSR count). The van der Waals surface area contributed by atoms with Crippen molar-refractivity contribution in [3.63, 3.8) is 0 Å². The molecule has 1 unspecified atom stereocenters. The predicted octanol–water partition coefficient (Wildman–Crippen LogP) is 3.37. The van der Waals surface area contributed by atoms with Gasteiger partial charge in [-0.3, -0.25) is 4.90 Å². The maximum absolute atomic E-state index is 13.9. The second-order valence-corrected chi connectivity index (χ2v) is 5.50. The molecule has 5 heteroatoms. The number of benzene rings is 1. The van der Waals surface area contributed by atoms with E-state index in [4.69, 9.17) is 5.73 Å². The van der Waals surface area contributed by atoms with Gasteiger partial charge in [0.05, 0.1) is 0 Å². The van der Waals surface area contributed by atoms with Gasteiger partial charge in [-0.15, -0.1) is 0 Å². The summed E-state index contributed by atoms with van der Waals surface area (Å²) in [4.78, 5) is 2.01. The van der Waals surface area contributed by atoms with Crippen LogP contribution in [0.1, 0.15) is 43.7 Å². The third kappa shape index (κ3) is 3.15. The van der Waals surface area contributed by atoms with Crippen LogP contribution in [0.3, 0.4) is 0 Å². The smallest absolute Gasteiger partial charge is 0.161 e. The first-order valence-corrected chi connectivity index (χ1v) is 7.11. The third-order valence-corrected chi connectivity index (χ3v) is 4.26. The number of halogens is 3. The van der Waals surface area contributed by atoms with Gasteiger partial charge in [-0.25, -0.2) is 13.2 Å². The lowest BCUT2D eigenvalue weighted by atomic mass is 9.92. The fourth-order valence-corrected chi connectivity index (χ4v) is 3.05. The largest absolute Gasteiger partial charge is 0.329 e. The lowest BCUT2D eigenvalue weighted by Gasteiger charge is -2.37. The van der Waals surface area contributed by atoms with E-state index in [1.54, 1.807) is 0 Å². The Balaban J connectivity index is 2.24. The summed E-state index contributed by atoms with van der Waals surface area (Å²) in [5, 5.41) is 0. The van der Waals surface area contributed by atoms with Crippen molar-refractivity contribution in [3.05, 3.63) is 35.1 Å². The monoisotopic (exact) mass is 286 g/mol. The summed E-state index contributed by atoms with van der Waals surface area (Å²) in [7, 11) is 1.88. The first kappa shape index (κ1) is 15.3. The standard InChI is InChI=1S/C15H21F3N2/c1-20(10-5-3-2-4-6-10)15(9-19)11-7-13(17)14(18)8-12(11)16/h7-8,10,15H,2-6,9,19H2,1H3. The van der Waals surface area contributed by atoms with Crippen LogP contribution in [0, 0.1) is 17.5 Å². The van der Waals surface area contributed by atoms with Crippen molar-refractivity contribution in [2.45, 2.75) is 44.2 Å². The molecule has 1 saturated carbocycles. The number of likely N-dealkylation sites (N-methyl/N-ethyl adjacent to an activating group) is 1. The first-order chi connectivity index (χ1) is 9.54. The van der Waals surface area contributed by atoms with Gasteiger partial charge < -0.3 is 5.73 Å². The lowest BCUT2D eigenvalue weighted by Crippen LogP contribution is -2.40. The number of nitrogens with two attached hydrogens (primary N) is 1. The van der Waals surface area contributed by atoms with E-state index in [9.17, 15) is 13.2 Å². The Hall–Kier alpha value is -1.07. The van der Waals surface area contributed by atoms with Crippen molar-refractivity contribution in [2.75, 3.05) is 13.6 Å². The van der Waals surface area contributed by atoms with Crippen LogP contribution >= 0.6 is 0 Å². The molecule has 1 aliphatic carbocycles. The molecule has 1 atom stereocenters. The fourth-order valence-electron chi connectivity index (χ4n) is 3.05. The van der Waals surface area contributed by atoms with Crippen molar-refractivity contribution in [1.82, 2.24) is 4.90 Å². The highest BCUT2D eigenvalue weighted by Gasteiger charge is 2.27. The highest BCUT2D eigenvalue weighted by atomic mass is 19.2. The zero-order valence-corrected chi connectivity index (χ0v) is 11.7. The van der Waals surface area contributed by atoms with Gasteiger partial charge in [0.2, 0.25) is 0 Å². The number of hydrogen-bond acceptors (Lipinski definition) is 2. The predicted molar refractivity (Wildman–Crippen MR) is 72.7 cm³/mol. The van der Waals surface area contributed by atoms with E-state index in [1.165, 1.54) is 6.42 Å².